The molecule has 0 saturated carbocycles. The smallest absolute Gasteiger partial charge is 0.162 e. The molecular formula is C43H28NOP. The predicted molar refractivity (Wildman–Crippen MR) is 196 cm³/mol. The first-order chi connectivity index (χ1) is 22.8. The minimum atomic E-state index is -0.652. The Morgan fingerprint density at radius 2 is 1.07 bits per heavy atom. The lowest BCUT2D eigenvalue weighted by Crippen LogP contribution is -2.20. The molecule has 9 aromatic rings. The van der Waals surface area contributed by atoms with Gasteiger partial charge in [-0.2, -0.15) is 0 Å². The van der Waals surface area contributed by atoms with E-state index in [2.05, 4.69) is 158 Å². The lowest BCUT2D eigenvalue weighted by atomic mass is 9.97. The Hall–Kier alpha value is -5.56. The summed E-state index contributed by atoms with van der Waals surface area (Å²) in [6, 6.07) is 60.7. The molecule has 216 valence electrons. The van der Waals surface area contributed by atoms with Gasteiger partial charge in [0.2, 0.25) is 0 Å². The Morgan fingerprint density at radius 1 is 0.435 bits per heavy atom. The maximum Gasteiger partial charge on any atom is 0.162 e. The summed E-state index contributed by atoms with van der Waals surface area (Å²) < 4.78 is 6.61. The van der Waals surface area contributed by atoms with Crippen LogP contribution < -0.4 is 15.9 Å². The molecule has 0 spiro atoms. The summed E-state index contributed by atoms with van der Waals surface area (Å²) >= 11 is 0. The number of hydrogen-bond donors (Lipinski definition) is 0. The topological polar surface area (TPSA) is 26.0 Å². The molecule has 0 aliphatic carbocycles. The second kappa shape index (κ2) is 11.1. The van der Waals surface area contributed by atoms with Gasteiger partial charge < -0.3 is 4.42 Å². The Morgan fingerprint density at radius 3 is 1.83 bits per heavy atom. The highest BCUT2D eigenvalue weighted by molar-refractivity contribution is 7.79. The van der Waals surface area contributed by atoms with Gasteiger partial charge in [-0.1, -0.05) is 152 Å². The molecule has 0 unspecified atom stereocenters. The molecule has 0 bridgehead atoms. The Kier molecular flexibility index (Phi) is 6.47. The molecule has 0 aliphatic heterocycles. The predicted octanol–water partition coefficient (Wildman–Crippen LogP) is 10.4. The van der Waals surface area contributed by atoms with Gasteiger partial charge in [-0.15, -0.1) is 0 Å². The molecule has 0 aliphatic rings. The van der Waals surface area contributed by atoms with Crippen LogP contribution in [0.1, 0.15) is 0 Å². The van der Waals surface area contributed by atoms with Gasteiger partial charge in [0.1, 0.15) is 11.3 Å². The van der Waals surface area contributed by atoms with Gasteiger partial charge in [0.15, 0.2) is 5.58 Å². The molecule has 7 aromatic carbocycles. The second-order valence-corrected chi connectivity index (χ2v) is 13.8. The van der Waals surface area contributed by atoms with Crippen LogP contribution in [0.15, 0.2) is 174 Å². The number of aromatic nitrogens is 1. The number of para-hydroxylation sites is 1. The number of benzene rings is 7. The van der Waals surface area contributed by atoms with Crippen LogP contribution in [0.4, 0.5) is 0 Å². The second-order valence-electron chi connectivity index (χ2n) is 11.6. The summed E-state index contributed by atoms with van der Waals surface area (Å²) in [6.07, 6.45) is 0. The van der Waals surface area contributed by atoms with Gasteiger partial charge in [0.25, 0.3) is 0 Å². The first kappa shape index (κ1) is 26.8. The van der Waals surface area contributed by atoms with Gasteiger partial charge in [-0.25, -0.2) is 4.98 Å². The minimum Gasteiger partial charge on any atom is -0.454 e. The van der Waals surface area contributed by atoms with Gasteiger partial charge in [-0.05, 0) is 63.9 Å². The van der Waals surface area contributed by atoms with Gasteiger partial charge >= 0.3 is 0 Å². The SMILES string of the molecule is c1ccc(P(c2ccccc2)c2ccc(-c3cccc(-c4nc5ccc6ccccc6c5c5c4oc4ccccc45)c3)cc2)cc1. The highest BCUT2D eigenvalue weighted by Gasteiger charge is 2.20. The van der Waals surface area contributed by atoms with Crippen LogP contribution in [0.3, 0.4) is 0 Å². The zero-order chi connectivity index (χ0) is 30.5. The van der Waals surface area contributed by atoms with Crippen LogP contribution in [-0.4, -0.2) is 4.98 Å². The van der Waals surface area contributed by atoms with E-state index in [4.69, 9.17) is 9.40 Å². The largest absolute Gasteiger partial charge is 0.454 e. The van der Waals surface area contributed by atoms with Crippen LogP contribution in [0.5, 0.6) is 0 Å². The number of fused-ring (bicyclic) bond motifs is 7. The maximum absolute atomic E-state index is 6.61. The molecule has 0 N–H and O–H groups in total. The van der Waals surface area contributed by atoms with E-state index in [-0.39, 0.29) is 0 Å². The summed E-state index contributed by atoms with van der Waals surface area (Å²) in [7, 11) is -0.652. The third-order valence-electron chi connectivity index (χ3n) is 8.82. The van der Waals surface area contributed by atoms with Crippen molar-refractivity contribution in [1.82, 2.24) is 4.98 Å². The fourth-order valence-corrected chi connectivity index (χ4v) is 8.98. The van der Waals surface area contributed by atoms with Crippen molar-refractivity contribution in [3.8, 4) is 22.4 Å². The summed E-state index contributed by atoms with van der Waals surface area (Å²) in [4.78, 5) is 5.27. The lowest BCUT2D eigenvalue weighted by Gasteiger charge is -2.19. The molecular weight excluding hydrogens is 577 g/mol. The molecule has 0 atom stereocenters. The lowest BCUT2D eigenvalue weighted by molar-refractivity contribution is 0.669. The fourth-order valence-electron chi connectivity index (χ4n) is 6.69. The minimum absolute atomic E-state index is 0.652. The Balaban J connectivity index is 1.18. The third kappa shape index (κ3) is 4.50. The van der Waals surface area contributed by atoms with E-state index in [0.717, 1.165) is 49.7 Å². The van der Waals surface area contributed by atoms with E-state index in [1.807, 2.05) is 12.1 Å². The van der Waals surface area contributed by atoms with E-state index in [1.165, 1.54) is 32.2 Å². The summed E-state index contributed by atoms with van der Waals surface area (Å²) in [6.45, 7) is 0. The zero-order valence-electron chi connectivity index (χ0n) is 25.0. The molecule has 0 radical (unpaired) electrons. The fraction of sp³-hybridized carbons (Fsp3) is 0. The molecule has 2 nitrogen and oxygen atoms in total. The van der Waals surface area contributed by atoms with Gasteiger partial charge in [0.05, 0.1) is 5.52 Å². The van der Waals surface area contributed by atoms with Crippen molar-refractivity contribution in [2.45, 2.75) is 0 Å². The van der Waals surface area contributed by atoms with E-state index in [9.17, 15) is 0 Å². The zero-order valence-corrected chi connectivity index (χ0v) is 25.9. The highest BCUT2D eigenvalue weighted by Crippen LogP contribution is 2.42. The highest BCUT2D eigenvalue weighted by atomic mass is 31.1. The molecule has 0 saturated heterocycles. The molecule has 0 amide bonds. The maximum atomic E-state index is 6.61. The normalized spacial score (nSPS) is 11.7. The van der Waals surface area contributed by atoms with Crippen molar-refractivity contribution in [2.24, 2.45) is 0 Å². The number of nitrogens with zero attached hydrogens (tertiary/aromatic N) is 1. The van der Waals surface area contributed by atoms with Crippen LogP contribution in [0.2, 0.25) is 0 Å². The monoisotopic (exact) mass is 605 g/mol. The van der Waals surface area contributed by atoms with Crippen LogP contribution in [-0.2, 0) is 0 Å². The number of hydrogen-bond acceptors (Lipinski definition) is 2. The van der Waals surface area contributed by atoms with Crippen LogP contribution >= 0.6 is 7.92 Å². The molecule has 2 heterocycles. The first-order valence-corrected chi connectivity index (χ1v) is 16.9. The van der Waals surface area contributed by atoms with Crippen molar-refractivity contribution in [3.63, 3.8) is 0 Å². The third-order valence-corrected chi connectivity index (χ3v) is 11.3. The van der Waals surface area contributed by atoms with Crippen LogP contribution in [0.25, 0.3) is 66.0 Å². The number of rotatable bonds is 5. The van der Waals surface area contributed by atoms with Crippen LogP contribution in [0, 0.1) is 0 Å². The van der Waals surface area contributed by atoms with E-state index in [1.54, 1.807) is 0 Å². The quantitative estimate of drug-likeness (QED) is 0.144. The van der Waals surface area contributed by atoms with Gasteiger partial charge in [-0.3, -0.25) is 0 Å². The molecule has 0 fully saturated rings. The standard InChI is InChI=1S/C43H28NOP/c1-3-15-33(16-4-1)46(34-17-5-2-6-18-34)35-25-22-29(23-26-35)31-13-11-14-32(28-31)42-43-41(37-20-9-10-21-39(37)45-43)40-36-19-8-7-12-30(36)24-27-38(40)44-42/h1-28H. The first-order valence-electron chi connectivity index (χ1n) is 15.6. The Bertz CT molecular complexity index is 2480. The van der Waals surface area contributed by atoms with Gasteiger partial charge in [0, 0.05) is 21.7 Å². The Labute approximate surface area is 268 Å². The van der Waals surface area contributed by atoms with Crippen molar-refractivity contribution in [2.75, 3.05) is 0 Å². The van der Waals surface area contributed by atoms with E-state index in [0.29, 0.717) is 0 Å². The van der Waals surface area contributed by atoms with Crippen molar-refractivity contribution in [1.29, 1.82) is 0 Å². The van der Waals surface area contributed by atoms with Crippen molar-refractivity contribution < 1.29 is 4.42 Å². The summed E-state index contributed by atoms with van der Waals surface area (Å²) in [5, 5.41) is 9.80. The van der Waals surface area contributed by atoms with E-state index >= 15 is 0 Å². The number of pyridine rings is 1. The van der Waals surface area contributed by atoms with E-state index < -0.39 is 7.92 Å². The van der Waals surface area contributed by atoms with Crippen molar-refractivity contribution in [3.05, 3.63) is 170 Å². The van der Waals surface area contributed by atoms with Crippen molar-refractivity contribution >= 4 is 67.4 Å². The molecule has 46 heavy (non-hydrogen) atoms. The summed E-state index contributed by atoms with van der Waals surface area (Å²) in [5.74, 6) is 0. The summed E-state index contributed by atoms with van der Waals surface area (Å²) in [5.41, 5.74) is 6.90. The number of furan rings is 1. The average Bonchev–Trinajstić information content (AvgIpc) is 3.52. The molecule has 9 rings (SSSR count). The average molecular weight is 606 g/mol. The molecule has 3 heteroatoms. The molecule has 2 aromatic heterocycles.